The number of hydrogen-bond donors (Lipinski definition) is 2. The Balaban J connectivity index is 2.51. The Hall–Kier alpha value is -1.69. The number of halogens is 2. The van der Waals surface area contributed by atoms with E-state index in [4.69, 9.17) is 0 Å². The minimum atomic E-state index is -2.87. The molecular weight excluding hydrogens is 268 g/mol. The van der Waals surface area contributed by atoms with Crippen LogP contribution in [-0.2, 0) is 4.79 Å². The summed E-state index contributed by atoms with van der Waals surface area (Å²) in [6, 6.07) is 5.66. The van der Waals surface area contributed by atoms with Crippen LogP contribution in [0.25, 0.3) is 0 Å². The van der Waals surface area contributed by atoms with Crippen molar-refractivity contribution in [2.75, 3.05) is 6.54 Å². The van der Waals surface area contributed by atoms with Gasteiger partial charge in [0.05, 0.1) is 6.10 Å². The molecule has 2 N–H and O–H groups in total. The molecule has 2 unspecified atom stereocenters. The van der Waals surface area contributed by atoms with E-state index >= 15 is 0 Å². The molecule has 112 valence electrons. The third-order valence-electron chi connectivity index (χ3n) is 3.02. The predicted molar refractivity (Wildman–Crippen MR) is 70.5 cm³/mol. The number of aliphatic hydroxyl groups is 1. The zero-order valence-electron chi connectivity index (χ0n) is 11.5. The fourth-order valence-electron chi connectivity index (χ4n) is 1.55. The minimum Gasteiger partial charge on any atom is -0.435 e. The zero-order chi connectivity index (χ0) is 15.1. The lowest BCUT2D eigenvalue weighted by molar-refractivity contribution is -0.125. The summed E-state index contributed by atoms with van der Waals surface area (Å²) >= 11 is 0. The van der Waals surface area contributed by atoms with Crippen LogP contribution in [0.3, 0.4) is 0 Å². The number of hydrogen-bond acceptors (Lipinski definition) is 3. The quantitative estimate of drug-likeness (QED) is 0.810. The van der Waals surface area contributed by atoms with Crippen LogP contribution < -0.4 is 10.1 Å². The van der Waals surface area contributed by atoms with E-state index < -0.39 is 12.7 Å². The lowest BCUT2D eigenvalue weighted by Gasteiger charge is -2.15. The van der Waals surface area contributed by atoms with E-state index in [-0.39, 0.29) is 24.1 Å². The van der Waals surface area contributed by atoms with Crippen molar-refractivity contribution < 1.29 is 23.4 Å². The van der Waals surface area contributed by atoms with E-state index in [1.807, 2.05) is 6.92 Å². The van der Waals surface area contributed by atoms with E-state index in [1.54, 1.807) is 6.92 Å². The topological polar surface area (TPSA) is 58.6 Å². The Bertz CT molecular complexity index is 423. The summed E-state index contributed by atoms with van der Waals surface area (Å²) in [5.41, 5.74) is 0.524. The predicted octanol–water partition coefficient (Wildman–Crippen LogP) is 2.48. The van der Waals surface area contributed by atoms with Crippen molar-refractivity contribution in [2.24, 2.45) is 5.92 Å². The van der Waals surface area contributed by atoms with Gasteiger partial charge in [-0.25, -0.2) is 0 Å². The van der Waals surface area contributed by atoms with Gasteiger partial charge in [-0.15, -0.1) is 0 Å². The monoisotopic (exact) mass is 287 g/mol. The van der Waals surface area contributed by atoms with Crippen LogP contribution >= 0.6 is 0 Å². The van der Waals surface area contributed by atoms with Gasteiger partial charge in [-0.3, -0.25) is 4.79 Å². The fourth-order valence-corrected chi connectivity index (χ4v) is 1.55. The molecule has 1 aromatic carbocycles. The standard InChI is InChI=1S/C14H19F2NO3/c1-3-9(2)13(19)17-8-12(18)10-4-6-11(7-5-10)20-14(15)16/h4-7,9,12,14,18H,3,8H2,1-2H3,(H,17,19). The summed E-state index contributed by atoms with van der Waals surface area (Å²) in [4.78, 5) is 11.6. The summed E-state index contributed by atoms with van der Waals surface area (Å²) in [5, 5.41) is 12.5. The van der Waals surface area contributed by atoms with E-state index in [2.05, 4.69) is 10.1 Å². The van der Waals surface area contributed by atoms with Gasteiger partial charge in [0.15, 0.2) is 0 Å². The number of benzene rings is 1. The molecule has 0 saturated heterocycles. The molecule has 2 atom stereocenters. The van der Waals surface area contributed by atoms with Gasteiger partial charge >= 0.3 is 6.61 Å². The van der Waals surface area contributed by atoms with Crippen molar-refractivity contribution in [3.05, 3.63) is 29.8 Å². The maximum Gasteiger partial charge on any atom is 0.387 e. The first-order valence-corrected chi connectivity index (χ1v) is 6.44. The number of ether oxygens (including phenoxy) is 1. The highest BCUT2D eigenvalue weighted by molar-refractivity contribution is 5.78. The highest BCUT2D eigenvalue weighted by Gasteiger charge is 2.13. The molecule has 0 aliphatic carbocycles. The zero-order valence-corrected chi connectivity index (χ0v) is 11.5. The van der Waals surface area contributed by atoms with Crippen LogP contribution in [0.15, 0.2) is 24.3 Å². The molecule has 0 heterocycles. The third-order valence-corrected chi connectivity index (χ3v) is 3.02. The van der Waals surface area contributed by atoms with E-state index in [1.165, 1.54) is 24.3 Å². The molecular formula is C14H19F2NO3. The molecule has 0 radical (unpaired) electrons. The summed E-state index contributed by atoms with van der Waals surface area (Å²) in [5.74, 6) is -0.201. The molecule has 20 heavy (non-hydrogen) atoms. The summed E-state index contributed by atoms with van der Waals surface area (Å²) in [7, 11) is 0. The Morgan fingerprint density at radius 3 is 2.45 bits per heavy atom. The molecule has 1 amide bonds. The third kappa shape index (κ3) is 5.13. The Kier molecular flexibility index (Phi) is 6.38. The van der Waals surface area contributed by atoms with Gasteiger partial charge in [0, 0.05) is 12.5 Å². The lowest BCUT2D eigenvalue weighted by Crippen LogP contribution is -2.32. The van der Waals surface area contributed by atoms with E-state index in [0.717, 1.165) is 6.42 Å². The van der Waals surface area contributed by atoms with Crippen LogP contribution in [0.4, 0.5) is 8.78 Å². The van der Waals surface area contributed by atoms with Crippen LogP contribution in [0.2, 0.25) is 0 Å². The Labute approximate surface area is 116 Å². The lowest BCUT2D eigenvalue weighted by atomic mass is 10.1. The molecule has 6 heteroatoms. The van der Waals surface area contributed by atoms with Crippen LogP contribution in [0.5, 0.6) is 5.75 Å². The maximum atomic E-state index is 12.0. The highest BCUT2D eigenvalue weighted by atomic mass is 19.3. The average molecular weight is 287 g/mol. The van der Waals surface area contributed by atoms with E-state index in [0.29, 0.717) is 5.56 Å². The van der Waals surface area contributed by atoms with Crippen LogP contribution in [0.1, 0.15) is 31.9 Å². The fraction of sp³-hybridized carbons (Fsp3) is 0.500. The number of aliphatic hydroxyl groups excluding tert-OH is 1. The molecule has 0 spiro atoms. The van der Waals surface area contributed by atoms with Crippen molar-refractivity contribution in [1.29, 1.82) is 0 Å². The maximum absolute atomic E-state index is 12.0. The van der Waals surface area contributed by atoms with Crippen molar-refractivity contribution >= 4 is 5.91 Å². The molecule has 0 aliphatic heterocycles. The summed E-state index contributed by atoms with van der Waals surface area (Å²) in [6.07, 6.45) is -0.162. The van der Waals surface area contributed by atoms with Gasteiger partial charge in [-0.05, 0) is 24.1 Å². The number of alkyl halides is 2. The second-order valence-corrected chi connectivity index (χ2v) is 4.52. The summed E-state index contributed by atoms with van der Waals surface area (Å²) in [6.45, 7) is 0.916. The molecule has 1 rings (SSSR count). The molecule has 4 nitrogen and oxygen atoms in total. The van der Waals surface area contributed by atoms with Crippen molar-refractivity contribution in [3.63, 3.8) is 0 Å². The first-order valence-electron chi connectivity index (χ1n) is 6.44. The molecule has 0 fully saturated rings. The highest BCUT2D eigenvalue weighted by Crippen LogP contribution is 2.19. The number of rotatable bonds is 7. The number of nitrogens with one attached hydrogen (secondary N) is 1. The largest absolute Gasteiger partial charge is 0.435 e. The van der Waals surface area contributed by atoms with Gasteiger partial charge in [0.2, 0.25) is 5.91 Å². The normalized spacial score (nSPS) is 13.9. The first kappa shape index (κ1) is 16.4. The minimum absolute atomic E-state index is 0.0274. The van der Waals surface area contributed by atoms with Crippen LogP contribution in [-0.4, -0.2) is 24.2 Å². The van der Waals surface area contributed by atoms with E-state index in [9.17, 15) is 18.7 Å². The Morgan fingerprint density at radius 2 is 1.95 bits per heavy atom. The number of amides is 1. The van der Waals surface area contributed by atoms with Crippen molar-refractivity contribution in [2.45, 2.75) is 33.0 Å². The molecule has 0 aliphatic rings. The van der Waals surface area contributed by atoms with Gasteiger partial charge < -0.3 is 15.2 Å². The average Bonchev–Trinajstić information content (AvgIpc) is 2.43. The smallest absolute Gasteiger partial charge is 0.387 e. The van der Waals surface area contributed by atoms with Crippen molar-refractivity contribution in [3.8, 4) is 5.75 Å². The molecule has 0 bridgehead atoms. The van der Waals surface area contributed by atoms with Gasteiger partial charge in [-0.1, -0.05) is 26.0 Å². The second kappa shape index (κ2) is 7.79. The Morgan fingerprint density at radius 1 is 1.35 bits per heavy atom. The molecule has 0 aromatic heterocycles. The van der Waals surface area contributed by atoms with Crippen molar-refractivity contribution in [1.82, 2.24) is 5.32 Å². The SMILES string of the molecule is CCC(C)C(=O)NCC(O)c1ccc(OC(F)F)cc1. The first-order chi connectivity index (χ1) is 9.43. The van der Waals surface area contributed by atoms with Crippen LogP contribution in [0, 0.1) is 5.92 Å². The van der Waals surface area contributed by atoms with Gasteiger partial charge in [-0.2, -0.15) is 8.78 Å². The molecule has 1 aromatic rings. The molecule has 0 saturated carbocycles. The number of carbonyl (C=O) groups excluding carboxylic acids is 1. The summed E-state index contributed by atoms with van der Waals surface area (Å²) < 4.78 is 28.2. The van der Waals surface area contributed by atoms with Gasteiger partial charge in [0.1, 0.15) is 5.75 Å². The van der Waals surface area contributed by atoms with Gasteiger partial charge in [0.25, 0.3) is 0 Å². The number of carbonyl (C=O) groups is 1. The second-order valence-electron chi connectivity index (χ2n) is 4.52.